The minimum absolute atomic E-state index is 0.0745. The van der Waals surface area contributed by atoms with E-state index in [1.54, 1.807) is 13.8 Å². The summed E-state index contributed by atoms with van der Waals surface area (Å²) in [6.45, 7) is 2.28. The third-order valence-electron chi connectivity index (χ3n) is 1.92. The van der Waals surface area contributed by atoms with Crippen molar-refractivity contribution >= 4 is 11.7 Å². The van der Waals surface area contributed by atoms with E-state index in [1.165, 1.54) is 0 Å². The predicted molar refractivity (Wildman–Crippen MR) is 57.1 cm³/mol. The van der Waals surface area contributed by atoms with E-state index in [0.29, 0.717) is 0 Å². The number of hydrogen-bond acceptors (Lipinski definition) is 4. The van der Waals surface area contributed by atoms with Crippen LogP contribution in [0.5, 0.6) is 0 Å². The molecule has 0 heterocycles. The van der Waals surface area contributed by atoms with E-state index in [9.17, 15) is 13.6 Å². The monoisotopic (exact) mass is 253 g/mol. The molecule has 0 bridgehead atoms. The summed E-state index contributed by atoms with van der Waals surface area (Å²) in [6, 6.07) is 0. The van der Waals surface area contributed by atoms with Gasteiger partial charge in [0.25, 0.3) is 6.43 Å². The van der Waals surface area contributed by atoms with E-state index in [2.05, 4.69) is 15.2 Å². The summed E-state index contributed by atoms with van der Waals surface area (Å²) in [5.41, 5.74) is 4.34. The van der Waals surface area contributed by atoms with Gasteiger partial charge in [-0.1, -0.05) is 5.16 Å². The number of ether oxygens (including phenoxy) is 1. The van der Waals surface area contributed by atoms with Gasteiger partial charge in [-0.2, -0.15) is 0 Å². The van der Waals surface area contributed by atoms with Gasteiger partial charge in [0.15, 0.2) is 5.84 Å². The second-order valence-electron chi connectivity index (χ2n) is 3.87. The van der Waals surface area contributed by atoms with Crippen molar-refractivity contribution < 1.29 is 23.5 Å². The number of amides is 1. The number of alkyl halides is 2. The highest BCUT2D eigenvalue weighted by atomic mass is 19.3. The maximum atomic E-state index is 11.7. The van der Waals surface area contributed by atoms with E-state index < -0.39 is 24.5 Å². The number of carbonyl (C=O) groups is 1. The van der Waals surface area contributed by atoms with Crippen molar-refractivity contribution in [2.45, 2.75) is 32.2 Å². The van der Waals surface area contributed by atoms with Crippen molar-refractivity contribution in [1.82, 2.24) is 5.32 Å². The maximum absolute atomic E-state index is 11.7. The minimum Gasteiger partial charge on any atom is -0.409 e. The molecular formula is C9H17F2N3O3. The molecule has 8 heteroatoms. The molecule has 4 N–H and O–H groups in total. The number of rotatable bonds is 7. The molecule has 100 valence electrons. The Hall–Kier alpha value is -1.44. The summed E-state index contributed by atoms with van der Waals surface area (Å²) >= 11 is 0. The lowest BCUT2D eigenvalue weighted by Gasteiger charge is -2.24. The van der Waals surface area contributed by atoms with Crippen LogP contribution in [0.1, 0.15) is 20.3 Å². The highest BCUT2D eigenvalue weighted by molar-refractivity contribution is 5.93. The molecule has 0 atom stereocenters. The molecule has 0 rings (SSSR count). The van der Waals surface area contributed by atoms with Crippen LogP contribution in [0.3, 0.4) is 0 Å². The summed E-state index contributed by atoms with van der Waals surface area (Å²) < 4.78 is 27.9. The van der Waals surface area contributed by atoms with Gasteiger partial charge >= 0.3 is 0 Å². The Morgan fingerprint density at radius 2 is 2.18 bits per heavy atom. The zero-order valence-electron chi connectivity index (χ0n) is 9.74. The van der Waals surface area contributed by atoms with Crippen LogP contribution in [0.4, 0.5) is 8.78 Å². The molecule has 6 nitrogen and oxygen atoms in total. The molecule has 1 amide bonds. The maximum Gasteiger partial charge on any atom is 0.261 e. The minimum atomic E-state index is -2.55. The number of oxime groups is 1. The zero-order valence-corrected chi connectivity index (χ0v) is 9.74. The van der Waals surface area contributed by atoms with Crippen LogP contribution in [0.2, 0.25) is 0 Å². The van der Waals surface area contributed by atoms with Crippen molar-refractivity contribution in [1.29, 1.82) is 0 Å². The lowest BCUT2D eigenvalue weighted by molar-refractivity contribution is -0.123. The molecule has 0 fully saturated rings. The van der Waals surface area contributed by atoms with Gasteiger partial charge in [0.1, 0.15) is 6.61 Å². The van der Waals surface area contributed by atoms with Crippen molar-refractivity contribution in [3.8, 4) is 0 Å². The molecule has 0 saturated heterocycles. The molecule has 0 radical (unpaired) electrons. The topological polar surface area (TPSA) is 96.9 Å². The summed E-state index contributed by atoms with van der Waals surface area (Å²) in [7, 11) is 0. The number of hydrogen-bond donors (Lipinski definition) is 3. The lowest BCUT2D eigenvalue weighted by Crippen LogP contribution is -2.53. The van der Waals surface area contributed by atoms with Crippen LogP contribution in [0.15, 0.2) is 5.16 Å². The Balaban J connectivity index is 3.94. The van der Waals surface area contributed by atoms with E-state index >= 15 is 0 Å². The number of amidine groups is 1. The van der Waals surface area contributed by atoms with Crippen molar-refractivity contribution in [2.75, 3.05) is 13.2 Å². The van der Waals surface area contributed by atoms with Gasteiger partial charge in [-0.05, 0) is 13.8 Å². The van der Waals surface area contributed by atoms with Gasteiger partial charge in [-0.25, -0.2) is 8.78 Å². The smallest absolute Gasteiger partial charge is 0.261 e. The van der Waals surface area contributed by atoms with Crippen LogP contribution in [0, 0.1) is 0 Å². The summed E-state index contributed by atoms with van der Waals surface area (Å²) in [5.74, 6) is -0.588. The highest BCUT2D eigenvalue weighted by Gasteiger charge is 2.25. The standard InChI is InChI=1S/C9H17F2N3O3/c1-9(2,8(12)14-16)13-7(15)3-4-17-5-6(10)11/h6,16H,3-5H2,1-2H3,(H2,12,14)(H,13,15). The van der Waals surface area contributed by atoms with E-state index in [0.717, 1.165) is 0 Å². The Kier molecular flexibility index (Phi) is 6.40. The van der Waals surface area contributed by atoms with E-state index in [-0.39, 0.29) is 18.9 Å². The van der Waals surface area contributed by atoms with Crippen LogP contribution in [-0.4, -0.2) is 42.1 Å². The Morgan fingerprint density at radius 1 is 1.59 bits per heavy atom. The summed E-state index contributed by atoms with van der Waals surface area (Å²) in [6.07, 6.45) is -2.62. The van der Waals surface area contributed by atoms with Gasteiger partial charge in [-0.15, -0.1) is 0 Å². The molecule has 0 aliphatic carbocycles. The third-order valence-corrected chi connectivity index (χ3v) is 1.92. The molecule has 0 unspecified atom stereocenters. The van der Waals surface area contributed by atoms with Gasteiger partial charge < -0.3 is 21.0 Å². The van der Waals surface area contributed by atoms with Crippen molar-refractivity contribution in [3.05, 3.63) is 0 Å². The Labute approximate surface area is 97.8 Å². The molecule has 0 aliphatic rings. The first kappa shape index (κ1) is 15.6. The number of nitrogens with one attached hydrogen (secondary N) is 1. The van der Waals surface area contributed by atoms with Gasteiger partial charge in [0.05, 0.1) is 12.1 Å². The fraction of sp³-hybridized carbons (Fsp3) is 0.778. The average molecular weight is 253 g/mol. The van der Waals surface area contributed by atoms with Crippen LogP contribution in [0.25, 0.3) is 0 Å². The SMILES string of the molecule is CC(C)(NC(=O)CCOCC(F)F)C(N)=NO. The first-order valence-electron chi connectivity index (χ1n) is 4.94. The van der Waals surface area contributed by atoms with Gasteiger partial charge in [0.2, 0.25) is 5.91 Å². The Bertz CT molecular complexity index is 283. The number of nitrogens with two attached hydrogens (primary N) is 1. The fourth-order valence-electron chi connectivity index (χ4n) is 0.937. The van der Waals surface area contributed by atoms with Crippen LogP contribution in [-0.2, 0) is 9.53 Å². The molecular weight excluding hydrogens is 236 g/mol. The molecule has 0 aromatic rings. The summed E-state index contributed by atoms with van der Waals surface area (Å²) in [5, 5.41) is 13.7. The van der Waals surface area contributed by atoms with Crippen LogP contribution >= 0.6 is 0 Å². The molecule has 0 spiro atoms. The Morgan fingerprint density at radius 3 is 2.65 bits per heavy atom. The predicted octanol–water partition coefficient (Wildman–Crippen LogP) is 0.299. The van der Waals surface area contributed by atoms with E-state index in [1.807, 2.05) is 0 Å². The molecule has 17 heavy (non-hydrogen) atoms. The number of nitrogens with zero attached hydrogens (tertiary/aromatic N) is 1. The third kappa shape index (κ3) is 6.67. The van der Waals surface area contributed by atoms with E-state index in [4.69, 9.17) is 10.9 Å². The van der Waals surface area contributed by atoms with Crippen molar-refractivity contribution in [2.24, 2.45) is 10.9 Å². The molecule has 0 saturated carbocycles. The normalized spacial score (nSPS) is 12.9. The molecule has 0 aromatic heterocycles. The second-order valence-corrected chi connectivity index (χ2v) is 3.87. The lowest BCUT2D eigenvalue weighted by atomic mass is 10.0. The van der Waals surface area contributed by atoms with Crippen molar-refractivity contribution in [3.63, 3.8) is 0 Å². The largest absolute Gasteiger partial charge is 0.409 e. The summed E-state index contributed by atoms with van der Waals surface area (Å²) in [4.78, 5) is 11.4. The van der Waals surface area contributed by atoms with Gasteiger partial charge in [0, 0.05) is 6.42 Å². The number of carbonyl (C=O) groups excluding carboxylic acids is 1. The molecule has 0 aromatic carbocycles. The highest BCUT2D eigenvalue weighted by Crippen LogP contribution is 2.02. The fourth-order valence-corrected chi connectivity index (χ4v) is 0.937. The second kappa shape index (κ2) is 7.00. The zero-order chi connectivity index (χ0) is 13.5. The number of halogens is 2. The average Bonchev–Trinajstić information content (AvgIpc) is 2.22. The molecule has 0 aliphatic heterocycles. The van der Waals surface area contributed by atoms with Crippen LogP contribution < -0.4 is 11.1 Å². The van der Waals surface area contributed by atoms with Gasteiger partial charge in [-0.3, -0.25) is 4.79 Å². The quantitative estimate of drug-likeness (QED) is 0.200. The first-order chi connectivity index (χ1) is 7.79. The first-order valence-corrected chi connectivity index (χ1v) is 4.94.